The maximum absolute atomic E-state index is 5.64. The molecule has 1 atom stereocenters. The van der Waals surface area contributed by atoms with Gasteiger partial charge >= 0.3 is 0 Å². The van der Waals surface area contributed by atoms with E-state index in [-0.39, 0.29) is 0 Å². The van der Waals surface area contributed by atoms with Gasteiger partial charge in [-0.3, -0.25) is 4.98 Å². The molecule has 2 heterocycles. The zero-order chi connectivity index (χ0) is 11.2. The molecule has 16 heavy (non-hydrogen) atoms. The number of hydrogen-bond donors (Lipinski definition) is 1. The summed E-state index contributed by atoms with van der Waals surface area (Å²) in [5.41, 5.74) is 0. The molecule has 1 N–H and O–H groups in total. The van der Waals surface area contributed by atoms with Crippen molar-refractivity contribution >= 4 is 5.82 Å². The number of morpholine rings is 1. The molecule has 2 rings (SSSR count). The van der Waals surface area contributed by atoms with E-state index in [0.29, 0.717) is 6.10 Å². The highest BCUT2D eigenvalue weighted by Crippen LogP contribution is 2.08. The predicted octanol–water partition coefficient (Wildman–Crippen LogP) is 0.291. The van der Waals surface area contributed by atoms with Crippen molar-refractivity contribution < 1.29 is 4.74 Å². The monoisotopic (exact) mass is 222 g/mol. The van der Waals surface area contributed by atoms with Gasteiger partial charge in [-0.15, -0.1) is 0 Å². The summed E-state index contributed by atoms with van der Waals surface area (Å²) in [6.07, 6.45) is 6.52. The molecule has 0 aromatic carbocycles. The van der Waals surface area contributed by atoms with E-state index >= 15 is 0 Å². The van der Waals surface area contributed by atoms with Gasteiger partial charge in [0, 0.05) is 39.1 Å². The predicted molar refractivity (Wildman–Crippen MR) is 62.5 cm³/mol. The van der Waals surface area contributed by atoms with Crippen molar-refractivity contribution in [2.24, 2.45) is 0 Å². The summed E-state index contributed by atoms with van der Waals surface area (Å²) in [6.45, 7) is 3.68. The van der Waals surface area contributed by atoms with E-state index in [9.17, 15) is 0 Å². The molecule has 0 amide bonds. The van der Waals surface area contributed by atoms with Crippen LogP contribution in [0.15, 0.2) is 18.6 Å². The highest BCUT2D eigenvalue weighted by molar-refractivity contribution is 5.33. The van der Waals surface area contributed by atoms with Crippen LogP contribution in [-0.4, -0.2) is 49.4 Å². The van der Waals surface area contributed by atoms with E-state index in [1.807, 2.05) is 7.05 Å². The SMILES string of the molecule is CN(CCC1CNCCO1)c1cnccn1. The van der Waals surface area contributed by atoms with E-state index in [1.165, 1.54) is 0 Å². The second kappa shape index (κ2) is 5.77. The van der Waals surface area contributed by atoms with E-state index < -0.39 is 0 Å². The smallest absolute Gasteiger partial charge is 0.146 e. The lowest BCUT2D eigenvalue weighted by Gasteiger charge is -2.26. The average Bonchev–Trinajstić information content (AvgIpc) is 2.38. The molecular formula is C11H18N4O. The Kier molecular flexibility index (Phi) is 4.07. The Balaban J connectivity index is 1.77. The summed E-state index contributed by atoms with van der Waals surface area (Å²) < 4.78 is 5.64. The first-order chi connectivity index (χ1) is 7.86. The maximum atomic E-state index is 5.64. The number of nitrogens with zero attached hydrogens (tertiary/aromatic N) is 3. The lowest BCUT2D eigenvalue weighted by atomic mass is 10.2. The normalized spacial score (nSPS) is 20.7. The molecule has 0 saturated carbocycles. The van der Waals surface area contributed by atoms with Crippen LogP contribution in [0, 0.1) is 0 Å². The summed E-state index contributed by atoms with van der Waals surface area (Å²) in [5, 5.41) is 3.33. The highest BCUT2D eigenvalue weighted by Gasteiger charge is 2.14. The van der Waals surface area contributed by atoms with Crippen LogP contribution in [0.5, 0.6) is 0 Å². The summed E-state index contributed by atoms with van der Waals surface area (Å²) in [4.78, 5) is 10.4. The van der Waals surface area contributed by atoms with Crippen molar-refractivity contribution in [1.29, 1.82) is 0 Å². The second-order valence-electron chi connectivity index (χ2n) is 3.97. The third kappa shape index (κ3) is 3.15. The van der Waals surface area contributed by atoms with Gasteiger partial charge in [0.15, 0.2) is 0 Å². The van der Waals surface area contributed by atoms with Crippen LogP contribution in [0.1, 0.15) is 6.42 Å². The van der Waals surface area contributed by atoms with Crippen molar-refractivity contribution in [1.82, 2.24) is 15.3 Å². The number of rotatable bonds is 4. The standard InChI is InChI=1S/C11H18N4O/c1-15(11-9-12-3-4-14-11)6-2-10-8-13-5-7-16-10/h3-4,9-10,13H,2,5-8H2,1H3. The van der Waals surface area contributed by atoms with Crippen LogP contribution < -0.4 is 10.2 Å². The molecule has 1 unspecified atom stereocenters. The molecule has 0 spiro atoms. The van der Waals surface area contributed by atoms with Crippen molar-refractivity contribution in [2.45, 2.75) is 12.5 Å². The van der Waals surface area contributed by atoms with E-state index in [0.717, 1.165) is 38.5 Å². The molecule has 88 valence electrons. The summed E-state index contributed by atoms with van der Waals surface area (Å²) in [5.74, 6) is 0.909. The maximum Gasteiger partial charge on any atom is 0.146 e. The third-order valence-corrected chi connectivity index (χ3v) is 2.73. The fourth-order valence-electron chi connectivity index (χ4n) is 1.75. The van der Waals surface area contributed by atoms with E-state index in [4.69, 9.17) is 4.74 Å². The molecule has 0 radical (unpaired) electrons. The van der Waals surface area contributed by atoms with Gasteiger partial charge in [0.05, 0.1) is 18.9 Å². The largest absolute Gasteiger partial charge is 0.376 e. The molecule has 1 fully saturated rings. The molecule has 0 bridgehead atoms. The van der Waals surface area contributed by atoms with Gasteiger partial charge in [-0.2, -0.15) is 0 Å². The average molecular weight is 222 g/mol. The molecule has 5 heteroatoms. The minimum Gasteiger partial charge on any atom is -0.376 e. The minimum absolute atomic E-state index is 0.327. The Bertz CT molecular complexity index is 300. The van der Waals surface area contributed by atoms with Crippen molar-refractivity contribution in [3.05, 3.63) is 18.6 Å². The van der Waals surface area contributed by atoms with E-state index in [2.05, 4.69) is 20.2 Å². The Labute approximate surface area is 95.8 Å². The van der Waals surface area contributed by atoms with Gasteiger partial charge in [-0.1, -0.05) is 0 Å². The van der Waals surface area contributed by atoms with Crippen LogP contribution in [0.3, 0.4) is 0 Å². The number of hydrogen-bond acceptors (Lipinski definition) is 5. The summed E-state index contributed by atoms with van der Waals surface area (Å²) in [6, 6.07) is 0. The van der Waals surface area contributed by atoms with Crippen molar-refractivity contribution in [3.63, 3.8) is 0 Å². The second-order valence-corrected chi connectivity index (χ2v) is 3.97. The van der Waals surface area contributed by atoms with Crippen LogP contribution in [0.25, 0.3) is 0 Å². The Hall–Kier alpha value is -1.20. The number of nitrogens with one attached hydrogen (secondary N) is 1. The van der Waals surface area contributed by atoms with Crippen molar-refractivity contribution in [2.75, 3.05) is 38.2 Å². The van der Waals surface area contributed by atoms with Crippen LogP contribution in [0.4, 0.5) is 5.82 Å². The van der Waals surface area contributed by atoms with Crippen molar-refractivity contribution in [3.8, 4) is 0 Å². The Morgan fingerprint density at radius 1 is 1.56 bits per heavy atom. The molecule has 1 saturated heterocycles. The summed E-state index contributed by atoms with van der Waals surface area (Å²) >= 11 is 0. The molecule has 0 aliphatic carbocycles. The van der Waals surface area contributed by atoms with Gasteiger partial charge in [0.25, 0.3) is 0 Å². The van der Waals surface area contributed by atoms with Crippen LogP contribution in [-0.2, 0) is 4.74 Å². The highest BCUT2D eigenvalue weighted by atomic mass is 16.5. The lowest BCUT2D eigenvalue weighted by molar-refractivity contribution is 0.0250. The zero-order valence-corrected chi connectivity index (χ0v) is 9.59. The van der Waals surface area contributed by atoms with E-state index in [1.54, 1.807) is 18.6 Å². The first-order valence-corrected chi connectivity index (χ1v) is 5.66. The molecule has 1 aliphatic rings. The first-order valence-electron chi connectivity index (χ1n) is 5.66. The molecule has 1 aliphatic heterocycles. The van der Waals surface area contributed by atoms with Gasteiger partial charge in [0.1, 0.15) is 5.82 Å². The molecular weight excluding hydrogens is 204 g/mol. The number of anilines is 1. The van der Waals surface area contributed by atoms with Gasteiger partial charge in [-0.25, -0.2) is 4.98 Å². The Morgan fingerprint density at radius 2 is 2.50 bits per heavy atom. The first kappa shape index (κ1) is 11.3. The molecule has 5 nitrogen and oxygen atoms in total. The lowest BCUT2D eigenvalue weighted by Crippen LogP contribution is -2.40. The van der Waals surface area contributed by atoms with Crippen LogP contribution >= 0.6 is 0 Å². The van der Waals surface area contributed by atoms with Gasteiger partial charge in [-0.05, 0) is 6.42 Å². The fourth-order valence-corrected chi connectivity index (χ4v) is 1.75. The molecule has 1 aromatic rings. The summed E-state index contributed by atoms with van der Waals surface area (Å²) in [7, 11) is 2.03. The number of aromatic nitrogens is 2. The topological polar surface area (TPSA) is 50.3 Å². The van der Waals surface area contributed by atoms with Gasteiger partial charge < -0.3 is 15.0 Å². The van der Waals surface area contributed by atoms with Crippen LogP contribution in [0.2, 0.25) is 0 Å². The zero-order valence-electron chi connectivity index (χ0n) is 9.59. The fraction of sp³-hybridized carbons (Fsp3) is 0.636. The van der Waals surface area contributed by atoms with Gasteiger partial charge in [0.2, 0.25) is 0 Å². The third-order valence-electron chi connectivity index (χ3n) is 2.73. The minimum atomic E-state index is 0.327. The quantitative estimate of drug-likeness (QED) is 0.793. The Morgan fingerprint density at radius 3 is 3.19 bits per heavy atom. The molecule has 1 aromatic heterocycles. The number of ether oxygens (including phenoxy) is 1.